The largest absolute Gasteiger partial charge is 0.503 e. The van der Waals surface area contributed by atoms with Crippen LogP contribution in [-0.4, -0.2) is 12.2 Å². The average Bonchev–Trinajstić information content (AvgIpc) is 2.07. The summed E-state index contributed by atoms with van der Waals surface area (Å²) in [5, 5.41) is 9.71. The summed E-state index contributed by atoms with van der Waals surface area (Å²) in [6, 6.07) is 3.53. The molecule has 78 valence electrons. The molecule has 0 aliphatic carbocycles. The van der Waals surface area contributed by atoms with Crippen molar-refractivity contribution in [3.63, 3.8) is 0 Å². The molecule has 0 unspecified atom stereocenters. The summed E-state index contributed by atoms with van der Waals surface area (Å²) in [5.41, 5.74) is 6.28. The lowest BCUT2D eigenvalue weighted by molar-refractivity contribution is 0.370. The lowest BCUT2D eigenvalue weighted by atomic mass is 9.95. The summed E-state index contributed by atoms with van der Waals surface area (Å²) in [6.07, 6.45) is 0. The fourth-order valence-corrected chi connectivity index (χ4v) is 2.05. The quantitative estimate of drug-likeness (QED) is 0.858. The summed E-state index contributed by atoms with van der Waals surface area (Å²) in [6.45, 7) is 3.75. The molecule has 0 amide bonds. The third kappa shape index (κ3) is 2.01. The highest BCUT2D eigenvalue weighted by atomic mass is 79.9. The molecule has 0 atom stereocenters. The molecule has 0 aliphatic heterocycles. The van der Waals surface area contributed by atoms with E-state index in [1.807, 2.05) is 19.9 Å². The number of hydrogen-bond acceptors (Lipinski definition) is 3. The van der Waals surface area contributed by atoms with Gasteiger partial charge in [0.05, 0.1) is 11.6 Å². The Balaban J connectivity index is 3.31. The van der Waals surface area contributed by atoms with Crippen LogP contribution in [0.25, 0.3) is 0 Å². The maximum Gasteiger partial charge on any atom is 0.172 e. The molecule has 3 nitrogen and oxygen atoms in total. The summed E-state index contributed by atoms with van der Waals surface area (Å²) in [5.74, 6) is 0.522. The smallest absolute Gasteiger partial charge is 0.172 e. The van der Waals surface area contributed by atoms with Gasteiger partial charge >= 0.3 is 0 Å². The van der Waals surface area contributed by atoms with E-state index in [1.54, 1.807) is 6.07 Å². The molecule has 1 rings (SSSR count). The van der Waals surface area contributed by atoms with Crippen molar-refractivity contribution < 1.29 is 9.84 Å². The molecular weight excluding hydrogens is 246 g/mol. The number of benzene rings is 1. The fraction of sp³-hybridized carbons (Fsp3) is 0.400. The van der Waals surface area contributed by atoms with Crippen LogP contribution in [-0.2, 0) is 5.54 Å². The number of rotatable bonds is 2. The molecule has 0 saturated heterocycles. The SMILES string of the molecule is COc1ccc(C(C)(C)N)c(Br)c1O. The van der Waals surface area contributed by atoms with Crippen molar-refractivity contribution in [1.82, 2.24) is 0 Å². The third-order valence-corrected chi connectivity index (χ3v) is 2.80. The Morgan fingerprint density at radius 1 is 1.43 bits per heavy atom. The minimum atomic E-state index is -0.497. The summed E-state index contributed by atoms with van der Waals surface area (Å²) in [4.78, 5) is 0. The van der Waals surface area contributed by atoms with Gasteiger partial charge in [-0.2, -0.15) is 0 Å². The van der Waals surface area contributed by atoms with Gasteiger partial charge in [0, 0.05) is 5.54 Å². The molecule has 0 spiro atoms. The van der Waals surface area contributed by atoms with Gasteiger partial charge in [0.2, 0.25) is 0 Å². The number of aromatic hydroxyl groups is 1. The molecule has 4 heteroatoms. The molecule has 0 heterocycles. The van der Waals surface area contributed by atoms with Crippen LogP contribution in [0.4, 0.5) is 0 Å². The molecule has 14 heavy (non-hydrogen) atoms. The predicted molar refractivity (Wildman–Crippen MR) is 59.6 cm³/mol. The lowest BCUT2D eigenvalue weighted by Gasteiger charge is -2.21. The van der Waals surface area contributed by atoms with Crippen LogP contribution < -0.4 is 10.5 Å². The van der Waals surface area contributed by atoms with E-state index < -0.39 is 5.54 Å². The second kappa shape index (κ2) is 3.79. The average molecular weight is 260 g/mol. The van der Waals surface area contributed by atoms with Gasteiger partial charge in [-0.3, -0.25) is 0 Å². The Morgan fingerprint density at radius 2 is 2.00 bits per heavy atom. The first-order valence-electron chi connectivity index (χ1n) is 4.22. The van der Waals surface area contributed by atoms with Crippen molar-refractivity contribution >= 4 is 15.9 Å². The van der Waals surface area contributed by atoms with Crippen LogP contribution in [0.1, 0.15) is 19.4 Å². The van der Waals surface area contributed by atoms with Gasteiger partial charge in [-0.25, -0.2) is 0 Å². The van der Waals surface area contributed by atoms with Gasteiger partial charge in [0.1, 0.15) is 0 Å². The molecule has 0 aliphatic rings. The van der Waals surface area contributed by atoms with Gasteiger partial charge in [-0.1, -0.05) is 6.07 Å². The summed E-state index contributed by atoms with van der Waals surface area (Å²) >= 11 is 3.30. The molecular formula is C10H14BrNO2. The van der Waals surface area contributed by atoms with E-state index in [2.05, 4.69) is 15.9 Å². The number of hydrogen-bond donors (Lipinski definition) is 2. The van der Waals surface area contributed by atoms with E-state index in [4.69, 9.17) is 10.5 Å². The van der Waals surface area contributed by atoms with Crippen LogP contribution >= 0.6 is 15.9 Å². The normalized spacial score (nSPS) is 11.5. The van der Waals surface area contributed by atoms with Crippen LogP contribution in [0, 0.1) is 0 Å². The van der Waals surface area contributed by atoms with Crippen molar-refractivity contribution in [2.45, 2.75) is 19.4 Å². The first-order chi connectivity index (χ1) is 6.38. The standard InChI is InChI=1S/C10H14BrNO2/c1-10(2,12)6-4-5-7(14-3)9(13)8(6)11/h4-5,13H,12H2,1-3H3. The molecule has 0 radical (unpaired) electrons. The van der Waals surface area contributed by atoms with Gasteiger partial charge in [-0.15, -0.1) is 0 Å². The lowest BCUT2D eigenvalue weighted by Crippen LogP contribution is -2.29. The Hall–Kier alpha value is -0.740. The van der Waals surface area contributed by atoms with Gasteiger partial charge in [0.15, 0.2) is 11.5 Å². The van der Waals surface area contributed by atoms with E-state index in [9.17, 15) is 5.11 Å². The molecule has 0 saturated carbocycles. The first-order valence-corrected chi connectivity index (χ1v) is 5.02. The summed E-state index contributed by atoms with van der Waals surface area (Å²) < 4.78 is 5.56. The topological polar surface area (TPSA) is 55.5 Å². The Morgan fingerprint density at radius 3 is 2.43 bits per heavy atom. The minimum absolute atomic E-state index is 0.0866. The van der Waals surface area contributed by atoms with Crippen LogP contribution in [0.5, 0.6) is 11.5 Å². The van der Waals surface area contributed by atoms with Crippen LogP contribution in [0.2, 0.25) is 0 Å². The zero-order chi connectivity index (χ0) is 10.9. The number of halogens is 1. The highest BCUT2D eigenvalue weighted by Crippen LogP contribution is 2.39. The van der Waals surface area contributed by atoms with E-state index >= 15 is 0 Å². The van der Waals surface area contributed by atoms with Crippen molar-refractivity contribution in [3.05, 3.63) is 22.2 Å². The van der Waals surface area contributed by atoms with E-state index in [-0.39, 0.29) is 5.75 Å². The fourth-order valence-electron chi connectivity index (χ4n) is 1.21. The number of phenols is 1. The Labute approximate surface area is 92.0 Å². The molecule has 1 aromatic carbocycles. The van der Waals surface area contributed by atoms with E-state index in [0.717, 1.165) is 5.56 Å². The van der Waals surface area contributed by atoms with E-state index in [0.29, 0.717) is 10.2 Å². The van der Waals surface area contributed by atoms with Crippen molar-refractivity contribution in [2.75, 3.05) is 7.11 Å². The predicted octanol–water partition coefficient (Wildman–Crippen LogP) is 2.36. The number of methoxy groups -OCH3 is 1. The third-order valence-electron chi connectivity index (χ3n) is 1.99. The number of ether oxygens (including phenoxy) is 1. The highest BCUT2D eigenvalue weighted by Gasteiger charge is 2.21. The second-order valence-corrected chi connectivity index (χ2v) is 4.49. The Bertz CT molecular complexity index is 345. The second-order valence-electron chi connectivity index (χ2n) is 3.70. The van der Waals surface area contributed by atoms with Crippen LogP contribution in [0.3, 0.4) is 0 Å². The number of phenolic OH excluding ortho intramolecular Hbond substituents is 1. The highest BCUT2D eigenvalue weighted by molar-refractivity contribution is 9.10. The molecule has 1 aromatic rings. The van der Waals surface area contributed by atoms with Crippen LogP contribution in [0.15, 0.2) is 16.6 Å². The van der Waals surface area contributed by atoms with E-state index in [1.165, 1.54) is 7.11 Å². The van der Waals surface area contributed by atoms with Gasteiger partial charge in [-0.05, 0) is 41.4 Å². The first kappa shape index (κ1) is 11.3. The zero-order valence-corrected chi connectivity index (χ0v) is 10.1. The van der Waals surface area contributed by atoms with Crippen molar-refractivity contribution in [1.29, 1.82) is 0 Å². The Kier molecular flexibility index (Phi) is 3.07. The minimum Gasteiger partial charge on any atom is -0.503 e. The van der Waals surface area contributed by atoms with Crippen molar-refractivity contribution in [2.24, 2.45) is 5.73 Å². The molecule has 0 aromatic heterocycles. The molecule has 0 bridgehead atoms. The van der Waals surface area contributed by atoms with Gasteiger partial charge in [0.25, 0.3) is 0 Å². The number of nitrogens with two attached hydrogens (primary N) is 1. The van der Waals surface area contributed by atoms with Crippen molar-refractivity contribution in [3.8, 4) is 11.5 Å². The maximum absolute atomic E-state index is 9.71. The molecule has 3 N–H and O–H groups in total. The van der Waals surface area contributed by atoms with Gasteiger partial charge < -0.3 is 15.6 Å². The summed E-state index contributed by atoms with van der Waals surface area (Å²) in [7, 11) is 1.51. The maximum atomic E-state index is 9.71. The zero-order valence-electron chi connectivity index (χ0n) is 8.47. The molecule has 0 fully saturated rings. The monoisotopic (exact) mass is 259 g/mol.